The van der Waals surface area contributed by atoms with Gasteiger partial charge < -0.3 is 20.3 Å². The number of nitrogens with zero attached hydrogens (tertiary/aromatic N) is 1. The summed E-state index contributed by atoms with van der Waals surface area (Å²) in [6.45, 7) is 0.995. The summed E-state index contributed by atoms with van der Waals surface area (Å²) < 4.78 is 4.74. The molecule has 0 radical (unpaired) electrons. The van der Waals surface area contributed by atoms with Gasteiger partial charge in [-0.3, -0.25) is 4.79 Å². The van der Waals surface area contributed by atoms with Gasteiger partial charge in [0.05, 0.1) is 11.7 Å². The molecule has 1 aromatic rings. The highest BCUT2D eigenvalue weighted by Crippen LogP contribution is 2.28. The number of benzene rings is 1. The zero-order chi connectivity index (χ0) is 16.1. The van der Waals surface area contributed by atoms with Crippen LogP contribution in [0.2, 0.25) is 5.02 Å². The summed E-state index contributed by atoms with van der Waals surface area (Å²) >= 11 is 7.50. The van der Waals surface area contributed by atoms with Crippen LogP contribution in [0.4, 0.5) is 10.5 Å². The third-order valence-corrected chi connectivity index (χ3v) is 4.24. The molecule has 1 aromatic carbocycles. The molecule has 1 aliphatic rings. The van der Waals surface area contributed by atoms with Gasteiger partial charge in [-0.1, -0.05) is 11.6 Å². The number of nitrogens with one attached hydrogen (secondary N) is 2. The van der Waals surface area contributed by atoms with Crippen LogP contribution in [-0.2, 0) is 9.53 Å². The molecule has 0 saturated carbocycles. The quantitative estimate of drug-likeness (QED) is 0.803. The number of urea groups is 1. The van der Waals surface area contributed by atoms with Crippen LogP contribution in [0.5, 0.6) is 0 Å². The standard InChI is InChI=1S/C14H18ClN3O3S/c1-21-8-13(19)16-10-6-18(7-10)14(20)17-11-5-9(15)3-4-12(11)22-2/h3-5,10H,6-8H2,1-2H3,(H,16,19)(H,17,20). The summed E-state index contributed by atoms with van der Waals surface area (Å²) in [6, 6.07) is 5.16. The molecule has 1 heterocycles. The van der Waals surface area contributed by atoms with Gasteiger partial charge in [-0.25, -0.2) is 4.79 Å². The van der Waals surface area contributed by atoms with Gasteiger partial charge in [-0.05, 0) is 24.5 Å². The molecule has 0 bridgehead atoms. The second-order valence-electron chi connectivity index (χ2n) is 4.88. The lowest BCUT2D eigenvalue weighted by Gasteiger charge is -2.39. The maximum Gasteiger partial charge on any atom is 0.322 e. The van der Waals surface area contributed by atoms with Gasteiger partial charge in [0.1, 0.15) is 6.61 Å². The summed E-state index contributed by atoms with van der Waals surface area (Å²) in [5.74, 6) is -0.174. The average molecular weight is 344 g/mol. The lowest BCUT2D eigenvalue weighted by molar-refractivity contribution is -0.126. The van der Waals surface area contributed by atoms with E-state index in [1.165, 1.54) is 18.9 Å². The molecular weight excluding hydrogens is 326 g/mol. The van der Waals surface area contributed by atoms with E-state index in [9.17, 15) is 9.59 Å². The third-order valence-electron chi connectivity index (χ3n) is 3.21. The van der Waals surface area contributed by atoms with Crippen molar-refractivity contribution in [3.8, 4) is 0 Å². The van der Waals surface area contributed by atoms with E-state index in [1.54, 1.807) is 17.0 Å². The Hall–Kier alpha value is -1.44. The molecular formula is C14H18ClN3O3S. The highest BCUT2D eigenvalue weighted by molar-refractivity contribution is 7.98. The maximum atomic E-state index is 12.2. The van der Waals surface area contributed by atoms with Crippen molar-refractivity contribution in [2.24, 2.45) is 0 Å². The second-order valence-corrected chi connectivity index (χ2v) is 6.16. The van der Waals surface area contributed by atoms with Crippen molar-refractivity contribution in [2.75, 3.05) is 38.4 Å². The molecule has 6 nitrogen and oxygen atoms in total. The Morgan fingerprint density at radius 3 is 2.82 bits per heavy atom. The van der Waals surface area contributed by atoms with Crippen LogP contribution in [0.3, 0.4) is 0 Å². The Morgan fingerprint density at radius 1 is 1.45 bits per heavy atom. The zero-order valence-corrected chi connectivity index (χ0v) is 14.0. The molecule has 8 heteroatoms. The number of hydrogen-bond donors (Lipinski definition) is 2. The van der Waals surface area contributed by atoms with E-state index in [1.807, 2.05) is 12.3 Å². The Balaban J connectivity index is 1.85. The Labute approximate surface area is 138 Å². The van der Waals surface area contributed by atoms with E-state index in [4.69, 9.17) is 16.3 Å². The summed E-state index contributed by atoms with van der Waals surface area (Å²) in [4.78, 5) is 26.1. The van der Waals surface area contributed by atoms with Crippen LogP contribution < -0.4 is 10.6 Å². The van der Waals surface area contributed by atoms with Gasteiger partial charge in [0.25, 0.3) is 0 Å². The molecule has 1 aliphatic heterocycles. The first-order valence-corrected chi connectivity index (χ1v) is 8.31. The van der Waals surface area contributed by atoms with E-state index in [2.05, 4.69) is 10.6 Å². The first-order valence-electron chi connectivity index (χ1n) is 6.71. The number of amides is 3. The van der Waals surface area contributed by atoms with Crippen LogP contribution in [0.25, 0.3) is 0 Å². The fourth-order valence-corrected chi connectivity index (χ4v) is 2.81. The van der Waals surface area contributed by atoms with Crippen LogP contribution in [-0.4, -0.2) is 55.9 Å². The van der Waals surface area contributed by atoms with Crippen molar-refractivity contribution in [1.82, 2.24) is 10.2 Å². The molecule has 22 heavy (non-hydrogen) atoms. The average Bonchev–Trinajstić information content (AvgIpc) is 2.42. The van der Waals surface area contributed by atoms with Crippen LogP contribution in [0.1, 0.15) is 0 Å². The Kier molecular flexibility index (Phi) is 5.93. The topological polar surface area (TPSA) is 70.7 Å². The number of halogens is 1. The minimum absolute atomic E-state index is 0.0206. The second kappa shape index (κ2) is 7.71. The largest absolute Gasteiger partial charge is 0.375 e. The molecule has 2 rings (SSSR count). The Morgan fingerprint density at radius 2 is 2.18 bits per heavy atom. The van der Waals surface area contributed by atoms with Crippen molar-refractivity contribution in [1.29, 1.82) is 0 Å². The predicted octanol–water partition coefficient (Wildman–Crippen LogP) is 2.04. The highest BCUT2D eigenvalue weighted by Gasteiger charge is 2.31. The van der Waals surface area contributed by atoms with Crippen LogP contribution >= 0.6 is 23.4 Å². The molecule has 0 aromatic heterocycles. The van der Waals surface area contributed by atoms with E-state index >= 15 is 0 Å². The van der Waals surface area contributed by atoms with Gasteiger partial charge in [-0.15, -0.1) is 11.8 Å². The van der Waals surface area contributed by atoms with Crippen molar-refractivity contribution in [3.05, 3.63) is 23.2 Å². The monoisotopic (exact) mass is 343 g/mol. The number of carbonyl (C=O) groups is 2. The third kappa shape index (κ3) is 4.28. The van der Waals surface area contributed by atoms with Gasteiger partial charge in [0, 0.05) is 30.1 Å². The summed E-state index contributed by atoms with van der Waals surface area (Å²) in [7, 11) is 1.47. The number of ether oxygens (including phenoxy) is 1. The van der Waals surface area contributed by atoms with Crippen molar-refractivity contribution >= 4 is 41.0 Å². The number of thioether (sulfide) groups is 1. The normalized spacial score (nSPS) is 14.4. The summed E-state index contributed by atoms with van der Waals surface area (Å²) in [5, 5.41) is 6.21. The van der Waals surface area contributed by atoms with Crippen molar-refractivity contribution < 1.29 is 14.3 Å². The van der Waals surface area contributed by atoms with Crippen LogP contribution in [0, 0.1) is 0 Å². The molecule has 0 unspecified atom stereocenters. The number of anilines is 1. The minimum atomic E-state index is -0.199. The molecule has 0 spiro atoms. The van der Waals surface area contributed by atoms with Gasteiger partial charge in [-0.2, -0.15) is 0 Å². The molecule has 0 atom stereocenters. The van der Waals surface area contributed by atoms with Crippen molar-refractivity contribution in [2.45, 2.75) is 10.9 Å². The fraction of sp³-hybridized carbons (Fsp3) is 0.429. The molecule has 2 N–H and O–H groups in total. The molecule has 120 valence electrons. The molecule has 0 aliphatic carbocycles. The number of likely N-dealkylation sites (tertiary alicyclic amines) is 1. The molecule has 1 saturated heterocycles. The first kappa shape index (κ1) is 16.9. The van der Waals surface area contributed by atoms with E-state index in [0.717, 1.165) is 4.90 Å². The number of hydrogen-bond acceptors (Lipinski definition) is 4. The number of methoxy groups -OCH3 is 1. The summed E-state index contributed by atoms with van der Waals surface area (Å²) in [6.07, 6.45) is 1.93. The fourth-order valence-electron chi connectivity index (χ4n) is 2.11. The van der Waals surface area contributed by atoms with Crippen LogP contribution in [0.15, 0.2) is 23.1 Å². The van der Waals surface area contributed by atoms with Gasteiger partial charge in [0.2, 0.25) is 5.91 Å². The van der Waals surface area contributed by atoms with E-state index < -0.39 is 0 Å². The first-order chi connectivity index (χ1) is 10.5. The van der Waals surface area contributed by atoms with E-state index in [0.29, 0.717) is 23.8 Å². The summed E-state index contributed by atoms with van der Waals surface area (Å²) in [5.41, 5.74) is 0.692. The lowest BCUT2D eigenvalue weighted by Crippen LogP contribution is -2.62. The van der Waals surface area contributed by atoms with E-state index in [-0.39, 0.29) is 24.6 Å². The lowest BCUT2D eigenvalue weighted by atomic mass is 10.1. The predicted molar refractivity (Wildman–Crippen MR) is 87.6 cm³/mol. The SMILES string of the molecule is COCC(=O)NC1CN(C(=O)Nc2cc(Cl)ccc2SC)C1. The number of rotatable bonds is 5. The van der Waals surface area contributed by atoms with Gasteiger partial charge in [0.15, 0.2) is 0 Å². The van der Waals surface area contributed by atoms with Crippen molar-refractivity contribution in [3.63, 3.8) is 0 Å². The smallest absolute Gasteiger partial charge is 0.322 e. The zero-order valence-electron chi connectivity index (χ0n) is 12.4. The highest BCUT2D eigenvalue weighted by atomic mass is 35.5. The molecule has 3 amide bonds. The molecule has 1 fully saturated rings. The minimum Gasteiger partial charge on any atom is -0.375 e. The Bertz CT molecular complexity index is 564. The number of carbonyl (C=O) groups excluding carboxylic acids is 2. The maximum absolute atomic E-state index is 12.2. The van der Waals surface area contributed by atoms with Gasteiger partial charge >= 0.3 is 6.03 Å².